The summed E-state index contributed by atoms with van der Waals surface area (Å²) in [5.74, 6) is 2.99. The normalized spacial score (nSPS) is 14.2. The molecule has 8 nitrogen and oxygen atoms in total. The number of aromatic nitrogens is 3. The average Bonchev–Trinajstić information content (AvgIpc) is 3.19. The number of rotatable bonds is 7. The molecule has 4 aromatic rings. The van der Waals surface area contributed by atoms with E-state index in [0.29, 0.717) is 23.2 Å². The third kappa shape index (κ3) is 5.33. The van der Waals surface area contributed by atoms with Gasteiger partial charge in [0.2, 0.25) is 11.9 Å². The molecule has 186 valence electrons. The molecule has 0 spiro atoms. The van der Waals surface area contributed by atoms with Crippen LogP contribution in [0.3, 0.4) is 0 Å². The molecule has 5 rings (SSSR count). The molecule has 0 saturated carbocycles. The van der Waals surface area contributed by atoms with Gasteiger partial charge in [0, 0.05) is 37.0 Å². The topological polar surface area (TPSA) is 93.1 Å². The minimum Gasteiger partial charge on any atom is -0.457 e. The molecule has 0 radical (unpaired) electrons. The number of fused-ring (bicyclic) bond motifs is 1. The summed E-state index contributed by atoms with van der Waals surface area (Å²) in [5, 5.41) is 9.65. The van der Waals surface area contributed by atoms with Crippen molar-refractivity contribution >= 4 is 34.4 Å². The Labute approximate surface area is 211 Å². The number of piperidine rings is 1. The Hall–Kier alpha value is -3.91. The lowest BCUT2D eigenvalue weighted by molar-refractivity contribution is -0.120. The molecule has 1 aliphatic heterocycles. The summed E-state index contributed by atoms with van der Waals surface area (Å²) in [6, 6.07) is 17.7. The molecule has 0 unspecified atom stereocenters. The Morgan fingerprint density at radius 1 is 1.08 bits per heavy atom. The number of nitrogens with zero attached hydrogens (tertiary/aromatic N) is 3. The standard InChI is InChI=1S/C28H32N6O2/c1-18(2)20-5-4-6-21(15-20)31-28-32-24-16-22(7-8-25(24)34(28)3)36-23-11-14-30-26(17-23)33-27(35)19-9-12-29-13-10-19/h4-8,11,14-19,29H,9-10,12-13H2,1-3H3,(H,31,32)(H,30,33,35). The monoisotopic (exact) mass is 484 g/mol. The molecule has 1 fully saturated rings. The molecule has 8 heteroatoms. The predicted octanol–water partition coefficient (Wildman–Crippen LogP) is 5.57. The number of ether oxygens (including phenoxy) is 1. The van der Waals surface area contributed by atoms with Crippen molar-refractivity contribution in [2.45, 2.75) is 32.6 Å². The number of anilines is 3. The number of carbonyl (C=O) groups excluding carboxylic acids is 1. The summed E-state index contributed by atoms with van der Waals surface area (Å²) >= 11 is 0. The van der Waals surface area contributed by atoms with E-state index in [1.165, 1.54) is 5.56 Å². The molecule has 3 heterocycles. The van der Waals surface area contributed by atoms with Crippen molar-refractivity contribution in [2.75, 3.05) is 23.7 Å². The molecular formula is C28H32N6O2. The van der Waals surface area contributed by atoms with E-state index in [0.717, 1.165) is 48.6 Å². The van der Waals surface area contributed by atoms with Crippen LogP contribution < -0.4 is 20.7 Å². The van der Waals surface area contributed by atoms with E-state index < -0.39 is 0 Å². The molecule has 1 aliphatic rings. The first-order chi connectivity index (χ1) is 17.5. The quantitative estimate of drug-likeness (QED) is 0.318. The first-order valence-electron chi connectivity index (χ1n) is 12.5. The number of hydrogen-bond acceptors (Lipinski definition) is 6. The van der Waals surface area contributed by atoms with Crippen LogP contribution in [0, 0.1) is 5.92 Å². The Morgan fingerprint density at radius 2 is 1.89 bits per heavy atom. The van der Waals surface area contributed by atoms with E-state index in [1.54, 1.807) is 18.3 Å². The summed E-state index contributed by atoms with van der Waals surface area (Å²) in [5.41, 5.74) is 4.10. The fourth-order valence-corrected chi connectivity index (χ4v) is 4.45. The van der Waals surface area contributed by atoms with Gasteiger partial charge in [-0.2, -0.15) is 0 Å². The first-order valence-corrected chi connectivity index (χ1v) is 12.5. The molecule has 36 heavy (non-hydrogen) atoms. The van der Waals surface area contributed by atoms with Gasteiger partial charge in [-0.15, -0.1) is 0 Å². The van der Waals surface area contributed by atoms with E-state index >= 15 is 0 Å². The maximum atomic E-state index is 12.6. The van der Waals surface area contributed by atoms with Crippen LogP contribution in [0.15, 0.2) is 60.8 Å². The molecule has 2 aromatic carbocycles. The van der Waals surface area contributed by atoms with Gasteiger partial charge in [0.15, 0.2) is 0 Å². The molecule has 1 amide bonds. The van der Waals surface area contributed by atoms with Crippen molar-refractivity contribution < 1.29 is 9.53 Å². The van der Waals surface area contributed by atoms with Gasteiger partial charge in [-0.3, -0.25) is 4.79 Å². The summed E-state index contributed by atoms with van der Waals surface area (Å²) in [7, 11) is 1.99. The van der Waals surface area contributed by atoms with Gasteiger partial charge >= 0.3 is 0 Å². The van der Waals surface area contributed by atoms with Crippen molar-refractivity contribution in [1.29, 1.82) is 0 Å². The molecule has 2 aromatic heterocycles. The van der Waals surface area contributed by atoms with E-state index in [9.17, 15) is 4.79 Å². The van der Waals surface area contributed by atoms with Crippen LogP contribution in [0.1, 0.15) is 38.2 Å². The van der Waals surface area contributed by atoms with Crippen molar-refractivity contribution in [2.24, 2.45) is 13.0 Å². The van der Waals surface area contributed by atoms with Gasteiger partial charge in [-0.1, -0.05) is 26.0 Å². The summed E-state index contributed by atoms with van der Waals surface area (Å²) in [6.45, 7) is 6.10. The zero-order valence-electron chi connectivity index (χ0n) is 20.9. The summed E-state index contributed by atoms with van der Waals surface area (Å²) in [4.78, 5) is 21.6. The Morgan fingerprint density at radius 3 is 2.69 bits per heavy atom. The second-order valence-electron chi connectivity index (χ2n) is 9.54. The van der Waals surface area contributed by atoms with Gasteiger partial charge in [0.25, 0.3) is 0 Å². The van der Waals surface area contributed by atoms with Crippen LogP contribution in [0.2, 0.25) is 0 Å². The summed E-state index contributed by atoms with van der Waals surface area (Å²) in [6.07, 6.45) is 3.32. The highest BCUT2D eigenvalue weighted by Crippen LogP contribution is 2.29. The number of carbonyl (C=O) groups is 1. The minimum absolute atomic E-state index is 0.00927. The zero-order valence-corrected chi connectivity index (χ0v) is 20.9. The van der Waals surface area contributed by atoms with Gasteiger partial charge in [0.1, 0.15) is 17.3 Å². The lowest BCUT2D eigenvalue weighted by Crippen LogP contribution is -2.34. The van der Waals surface area contributed by atoms with E-state index in [-0.39, 0.29) is 11.8 Å². The highest BCUT2D eigenvalue weighted by Gasteiger charge is 2.21. The molecule has 1 saturated heterocycles. The average molecular weight is 485 g/mol. The zero-order chi connectivity index (χ0) is 25.1. The summed E-state index contributed by atoms with van der Waals surface area (Å²) < 4.78 is 8.12. The number of pyridine rings is 1. The van der Waals surface area contributed by atoms with Crippen molar-refractivity contribution in [1.82, 2.24) is 19.9 Å². The van der Waals surface area contributed by atoms with Gasteiger partial charge < -0.3 is 25.3 Å². The molecule has 3 N–H and O–H groups in total. The Kier molecular flexibility index (Phi) is 6.86. The number of imidazole rings is 1. The van der Waals surface area contributed by atoms with E-state index in [4.69, 9.17) is 9.72 Å². The second kappa shape index (κ2) is 10.4. The van der Waals surface area contributed by atoms with Crippen LogP contribution in [0.4, 0.5) is 17.5 Å². The predicted molar refractivity (Wildman–Crippen MR) is 143 cm³/mol. The highest BCUT2D eigenvalue weighted by molar-refractivity contribution is 5.91. The largest absolute Gasteiger partial charge is 0.457 e. The van der Waals surface area contributed by atoms with Crippen LogP contribution in [0.5, 0.6) is 11.5 Å². The van der Waals surface area contributed by atoms with Crippen LogP contribution in [0.25, 0.3) is 11.0 Å². The number of aryl methyl sites for hydroxylation is 1. The molecule has 0 aliphatic carbocycles. The highest BCUT2D eigenvalue weighted by atomic mass is 16.5. The van der Waals surface area contributed by atoms with Crippen molar-refractivity contribution in [3.05, 3.63) is 66.4 Å². The second-order valence-corrected chi connectivity index (χ2v) is 9.54. The van der Waals surface area contributed by atoms with Crippen LogP contribution in [-0.4, -0.2) is 33.5 Å². The number of amides is 1. The maximum Gasteiger partial charge on any atom is 0.228 e. The maximum absolute atomic E-state index is 12.6. The van der Waals surface area contributed by atoms with Crippen molar-refractivity contribution in [3.8, 4) is 11.5 Å². The lowest BCUT2D eigenvalue weighted by Gasteiger charge is -2.21. The van der Waals surface area contributed by atoms with Crippen molar-refractivity contribution in [3.63, 3.8) is 0 Å². The number of hydrogen-bond donors (Lipinski definition) is 3. The van der Waals surface area contributed by atoms with Gasteiger partial charge in [0.05, 0.1) is 11.0 Å². The minimum atomic E-state index is 0.00927. The fourth-order valence-electron chi connectivity index (χ4n) is 4.45. The third-order valence-corrected chi connectivity index (χ3v) is 6.59. The van der Waals surface area contributed by atoms with E-state index in [2.05, 4.69) is 53.0 Å². The molecular weight excluding hydrogens is 452 g/mol. The number of nitrogens with one attached hydrogen (secondary N) is 3. The van der Waals surface area contributed by atoms with Gasteiger partial charge in [-0.05, 0) is 67.7 Å². The Bertz CT molecular complexity index is 1370. The first kappa shape index (κ1) is 23.8. The third-order valence-electron chi connectivity index (χ3n) is 6.59. The van der Waals surface area contributed by atoms with Gasteiger partial charge in [-0.25, -0.2) is 9.97 Å². The van der Waals surface area contributed by atoms with E-state index in [1.807, 2.05) is 35.9 Å². The smallest absolute Gasteiger partial charge is 0.228 e. The fraction of sp³-hybridized carbons (Fsp3) is 0.321. The molecule has 0 atom stereocenters. The Balaban J connectivity index is 1.30. The van der Waals surface area contributed by atoms with Crippen LogP contribution in [-0.2, 0) is 11.8 Å². The van der Waals surface area contributed by atoms with Crippen LogP contribution >= 0.6 is 0 Å². The number of benzene rings is 2. The molecule has 0 bridgehead atoms. The lowest BCUT2D eigenvalue weighted by atomic mass is 9.97. The SMILES string of the molecule is CC(C)c1cccc(Nc2nc3cc(Oc4ccnc(NC(=O)C5CCNCC5)c4)ccc3n2C)c1.